The summed E-state index contributed by atoms with van der Waals surface area (Å²) in [5.41, 5.74) is 2.65. The van der Waals surface area contributed by atoms with E-state index in [1.54, 1.807) is 18.3 Å². The number of hydrogen-bond donors (Lipinski definition) is 2. The van der Waals surface area contributed by atoms with Crippen molar-refractivity contribution in [3.05, 3.63) is 83.8 Å². The number of hydrogen-bond acceptors (Lipinski definition) is 4. The molecule has 138 valence electrons. The summed E-state index contributed by atoms with van der Waals surface area (Å²) in [6.07, 6.45) is 5.44. The highest BCUT2D eigenvalue weighted by Crippen LogP contribution is 2.32. The van der Waals surface area contributed by atoms with E-state index in [1.165, 1.54) is 18.8 Å². The minimum atomic E-state index is -0.369. The van der Waals surface area contributed by atoms with E-state index in [9.17, 15) is 4.79 Å². The standard InChI is InChI=1S/C22H18N4OS/c1-23-22(27)18-7-2-3-8-21(18)28-16-10-11-17-19(25-26-20(17)14-16)12-9-15-6-4-5-13-24-15/h2-14H,1H3,(H,23,27)(H,25,26)/b12-9+/i/hD2. The van der Waals surface area contributed by atoms with Gasteiger partial charge in [0.1, 0.15) is 0 Å². The van der Waals surface area contributed by atoms with Gasteiger partial charge in [0, 0.05) is 28.4 Å². The lowest BCUT2D eigenvalue weighted by molar-refractivity contribution is 0.0960. The Labute approximate surface area is 169 Å². The second-order valence-corrected chi connectivity index (χ2v) is 7.09. The fourth-order valence-electron chi connectivity index (χ4n) is 2.78. The van der Waals surface area contributed by atoms with Crippen LogP contribution in [0.3, 0.4) is 0 Å². The molecule has 2 aromatic heterocycles. The van der Waals surface area contributed by atoms with E-state index in [0.717, 1.165) is 31.3 Å². The molecule has 6 heteroatoms. The summed E-state index contributed by atoms with van der Waals surface area (Å²) in [7, 11) is 1.41. The number of nitrogens with zero attached hydrogens (tertiary/aromatic N) is 2. The molecule has 0 aliphatic heterocycles. The van der Waals surface area contributed by atoms with Crippen LogP contribution >= 0.6 is 11.8 Å². The Bertz CT molecular complexity index is 1240. The first-order chi connectivity index (χ1) is 14.5. The third-order valence-electron chi connectivity index (χ3n) is 4.16. The third-order valence-corrected chi connectivity index (χ3v) is 5.22. The van der Waals surface area contributed by atoms with Gasteiger partial charge in [-0.05, 0) is 54.6 Å². The van der Waals surface area contributed by atoms with Crippen molar-refractivity contribution < 1.29 is 7.62 Å². The predicted octanol–water partition coefficient (Wildman–Crippen LogP) is 4.64. The molecule has 0 saturated carbocycles. The minimum absolute atomic E-state index is 0.369. The number of H-pyrrole nitrogens is 1. The van der Waals surface area contributed by atoms with Crippen LogP contribution < -0.4 is 5.31 Å². The van der Waals surface area contributed by atoms with Gasteiger partial charge in [0.2, 0.25) is 0 Å². The van der Waals surface area contributed by atoms with Crippen molar-refractivity contribution in [3.63, 3.8) is 0 Å². The molecule has 0 aliphatic rings. The Kier molecular flexibility index (Phi) is 4.53. The van der Waals surface area contributed by atoms with E-state index < -0.39 is 0 Å². The molecule has 1 amide bonds. The van der Waals surface area contributed by atoms with Gasteiger partial charge in [-0.1, -0.05) is 30.0 Å². The molecular formula is C22H18N4OS. The van der Waals surface area contributed by atoms with E-state index >= 15 is 0 Å². The summed E-state index contributed by atoms with van der Waals surface area (Å²) in [4.78, 5) is 18.2. The predicted molar refractivity (Wildman–Crippen MR) is 113 cm³/mol. The highest BCUT2D eigenvalue weighted by molar-refractivity contribution is 7.99. The number of fused-ring (bicyclic) bond motifs is 1. The average Bonchev–Trinajstić information content (AvgIpc) is 3.08. The average molecular weight is 388 g/mol. The Morgan fingerprint density at radius 3 is 2.86 bits per heavy atom. The summed E-state index contributed by atoms with van der Waals surface area (Å²) in [6, 6.07) is 18.6. The van der Waals surface area contributed by atoms with Gasteiger partial charge < -0.3 is 5.31 Å². The van der Waals surface area contributed by atoms with Crippen LogP contribution in [0.5, 0.6) is 0 Å². The number of aromatic nitrogens is 3. The van der Waals surface area contributed by atoms with Crippen molar-refractivity contribution in [2.75, 3.05) is 7.05 Å². The van der Waals surface area contributed by atoms with Crippen LogP contribution in [0.1, 0.15) is 21.7 Å². The van der Waals surface area contributed by atoms with Crippen molar-refractivity contribution >= 4 is 40.7 Å². The Hall–Kier alpha value is -3.38. The molecule has 5 nitrogen and oxygen atoms in total. The van der Waals surface area contributed by atoms with E-state index in [0.29, 0.717) is 16.8 Å². The number of carbonyl (C=O) groups excluding carboxylic acids is 1. The Morgan fingerprint density at radius 2 is 2.04 bits per heavy atom. The molecule has 0 bridgehead atoms. The second kappa shape index (κ2) is 8.10. The van der Waals surface area contributed by atoms with Gasteiger partial charge in [-0.15, -0.1) is 0 Å². The van der Waals surface area contributed by atoms with Crippen molar-refractivity contribution in [2.45, 2.75) is 9.79 Å². The first-order valence-electron chi connectivity index (χ1n) is 9.57. The molecule has 0 aliphatic carbocycles. The lowest BCUT2D eigenvalue weighted by Crippen LogP contribution is -2.18. The number of carbonyl (C=O) groups is 1. The molecule has 0 saturated heterocycles. The topological polar surface area (TPSA) is 70.7 Å². The zero-order chi connectivity index (χ0) is 21.1. The fraction of sp³-hybridized carbons (Fsp3) is 0.0455. The third kappa shape index (κ3) is 3.82. The summed E-state index contributed by atoms with van der Waals surface area (Å²) < 4.78 is 15.7. The van der Waals surface area contributed by atoms with Gasteiger partial charge in [0.05, 0.1) is 22.5 Å². The number of pyridine rings is 1. The molecular weight excluding hydrogens is 368 g/mol. The van der Waals surface area contributed by atoms with Gasteiger partial charge in [0.25, 0.3) is 5.91 Å². The molecule has 0 unspecified atom stereocenters. The lowest BCUT2D eigenvalue weighted by atomic mass is 10.2. The Balaban J connectivity index is 1.65. The van der Waals surface area contributed by atoms with Crippen molar-refractivity contribution in [1.82, 2.24) is 20.5 Å². The van der Waals surface area contributed by atoms with Crippen LogP contribution in [-0.2, 0) is 0 Å². The minimum Gasteiger partial charge on any atom is -0.355 e. The van der Waals surface area contributed by atoms with Crippen LogP contribution in [0.25, 0.3) is 23.1 Å². The van der Waals surface area contributed by atoms with Crippen LogP contribution in [0.15, 0.2) is 76.7 Å². The molecule has 0 atom stereocenters. The Morgan fingerprint density at radius 1 is 1.18 bits per heavy atom. The lowest BCUT2D eigenvalue weighted by Gasteiger charge is -2.08. The van der Waals surface area contributed by atoms with Crippen molar-refractivity contribution in [3.8, 4) is 0 Å². The number of rotatable bonds is 5. The maximum absolute atomic E-state index is 12.3. The molecule has 2 N–H and O–H groups in total. The number of amides is 1. The second-order valence-electron chi connectivity index (χ2n) is 5.98. The highest BCUT2D eigenvalue weighted by Gasteiger charge is 2.11. The zero-order valence-corrected chi connectivity index (χ0v) is 15.9. The molecule has 0 spiro atoms. The summed E-state index contributed by atoms with van der Waals surface area (Å²) in [5.74, 6) is -0.369. The summed E-state index contributed by atoms with van der Waals surface area (Å²) in [5, 5.41) is 7.08. The zero-order valence-electron chi connectivity index (χ0n) is 17.1. The van der Waals surface area contributed by atoms with Gasteiger partial charge >= 0.3 is 0 Å². The SMILES string of the molecule is [2H]N(C)C(=O)c1ccccc1Sc1ccc2c(/C=C/c3ccccn3)nn([2H])c2c1. The van der Waals surface area contributed by atoms with Crippen LogP contribution in [0.2, 0.25) is 2.82 Å². The first kappa shape index (κ1) is 15.7. The van der Waals surface area contributed by atoms with Crippen LogP contribution in [0, 0.1) is 0 Å². The summed E-state index contributed by atoms with van der Waals surface area (Å²) in [6.45, 7) is 0. The maximum atomic E-state index is 12.3. The van der Waals surface area contributed by atoms with E-state index in [-0.39, 0.29) is 5.91 Å². The van der Waals surface area contributed by atoms with Gasteiger partial charge in [-0.3, -0.25) is 14.9 Å². The van der Waals surface area contributed by atoms with Crippen molar-refractivity contribution in [1.29, 1.82) is 0 Å². The summed E-state index contributed by atoms with van der Waals surface area (Å²) >= 11 is 1.42. The molecule has 2 heterocycles. The fourth-order valence-corrected chi connectivity index (χ4v) is 3.75. The molecule has 4 aromatic rings. The first-order valence-corrected chi connectivity index (χ1v) is 9.49. The van der Waals surface area contributed by atoms with Gasteiger partial charge in [-0.2, -0.15) is 5.10 Å². The molecule has 28 heavy (non-hydrogen) atoms. The highest BCUT2D eigenvalue weighted by atomic mass is 32.2. The van der Waals surface area contributed by atoms with E-state index in [4.69, 9.17) is 2.82 Å². The smallest absolute Gasteiger partial charge is 0.252 e. The number of benzene rings is 2. The van der Waals surface area contributed by atoms with E-state index in [2.05, 4.69) is 10.1 Å². The van der Waals surface area contributed by atoms with E-state index in [1.807, 2.05) is 60.7 Å². The van der Waals surface area contributed by atoms with Crippen LogP contribution in [-0.4, -0.2) is 28.1 Å². The molecule has 0 radical (unpaired) electrons. The largest absolute Gasteiger partial charge is 0.355 e. The monoisotopic (exact) mass is 388 g/mol. The maximum Gasteiger partial charge on any atom is 0.252 e. The number of nitrogens with one attached hydrogen (secondary N) is 2. The van der Waals surface area contributed by atoms with Crippen molar-refractivity contribution in [2.24, 2.45) is 0 Å². The molecule has 0 fully saturated rings. The quantitative estimate of drug-likeness (QED) is 0.522. The van der Waals surface area contributed by atoms with Gasteiger partial charge in [-0.25, -0.2) is 0 Å². The van der Waals surface area contributed by atoms with Crippen LogP contribution in [0.4, 0.5) is 0 Å². The van der Waals surface area contributed by atoms with Gasteiger partial charge in [0.15, 0.2) is 2.82 Å². The molecule has 2 aromatic carbocycles. The number of aromatic amines is 1. The molecule has 4 rings (SSSR count). The normalized spacial score (nSPS) is 12.2.